The summed E-state index contributed by atoms with van der Waals surface area (Å²) in [5.41, 5.74) is 11.0. The molecular formula is C7H9FN2O. The number of ether oxygens (including phenoxy) is 1. The van der Waals surface area contributed by atoms with Gasteiger partial charge in [0.1, 0.15) is 11.5 Å². The Kier molecular flexibility index (Phi) is 1.85. The summed E-state index contributed by atoms with van der Waals surface area (Å²) in [5, 5.41) is 0. The van der Waals surface area contributed by atoms with Gasteiger partial charge in [0.05, 0.1) is 12.8 Å². The molecule has 60 valence electrons. The molecule has 4 heteroatoms. The number of halogens is 1. The number of anilines is 2. The van der Waals surface area contributed by atoms with E-state index in [2.05, 4.69) is 0 Å². The zero-order valence-corrected chi connectivity index (χ0v) is 6.10. The maximum absolute atomic E-state index is 12.7. The maximum Gasteiger partial charge on any atom is 0.167 e. The molecule has 0 unspecified atom stereocenters. The van der Waals surface area contributed by atoms with Gasteiger partial charge in [-0.25, -0.2) is 4.39 Å². The Bertz CT molecular complexity index is 275. The molecule has 0 spiro atoms. The molecule has 1 aromatic rings. The molecule has 0 aliphatic heterocycles. The van der Waals surface area contributed by atoms with Gasteiger partial charge in [0.2, 0.25) is 0 Å². The lowest BCUT2D eigenvalue weighted by atomic mass is 10.2. The molecule has 3 nitrogen and oxygen atoms in total. The molecule has 0 atom stereocenters. The minimum absolute atomic E-state index is 0.0486. The Morgan fingerprint density at radius 3 is 2.45 bits per heavy atom. The zero-order valence-electron chi connectivity index (χ0n) is 6.10. The molecule has 0 amide bonds. The number of hydrogen-bond acceptors (Lipinski definition) is 3. The minimum Gasteiger partial charge on any atom is -0.492 e. The zero-order chi connectivity index (χ0) is 8.43. The molecule has 0 aromatic heterocycles. The Morgan fingerprint density at radius 1 is 1.36 bits per heavy atom. The topological polar surface area (TPSA) is 61.3 Å². The Hall–Kier alpha value is -1.45. The van der Waals surface area contributed by atoms with Crippen LogP contribution in [-0.2, 0) is 0 Å². The van der Waals surface area contributed by atoms with E-state index in [0.717, 1.165) is 0 Å². The van der Waals surface area contributed by atoms with Crippen LogP contribution in [0.25, 0.3) is 0 Å². The largest absolute Gasteiger partial charge is 0.492 e. The summed E-state index contributed by atoms with van der Waals surface area (Å²) in [6, 6.07) is 2.61. The first-order valence-electron chi connectivity index (χ1n) is 3.04. The van der Waals surface area contributed by atoms with Crippen molar-refractivity contribution in [2.45, 2.75) is 0 Å². The SMILES string of the molecule is COc1c(N)ccc(F)c1N. The summed E-state index contributed by atoms with van der Waals surface area (Å²) >= 11 is 0. The van der Waals surface area contributed by atoms with E-state index in [-0.39, 0.29) is 11.4 Å². The van der Waals surface area contributed by atoms with Crippen LogP contribution in [0.2, 0.25) is 0 Å². The summed E-state index contributed by atoms with van der Waals surface area (Å²) < 4.78 is 17.5. The van der Waals surface area contributed by atoms with Gasteiger partial charge in [-0.2, -0.15) is 0 Å². The molecular weight excluding hydrogens is 147 g/mol. The monoisotopic (exact) mass is 156 g/mol. The second-order valence-electron chi connectivity index (χ2n) is 2.08. The van der Waals surface area contributed by atoms with E-state index in [4.69, 9.17) is 16.2 Å². The predicted molar refractivity (Wildman–Crippen MR) is 41.8 cm³/mol. The van der Waals surface area contributed by atoms with E-state index >= 15 is 0 Å². The molecule has 1 aromatic carbocycles. The second kappa shape index (κ2) is 2.65. The smallest absolute Gasteiger partial charge is 0.167 e. The van der Waals surface area contributed by atoms with Crippen molar-refractivity contribution in [3.8, 4) is 5.75 Å². The highest BCUT2D eigenvalue weighted by Gasteiger charge is 2.07. The molecule has 1 rings (SSSR count). The fourth-order valence-corrected chi connectivity index (χ4v) is 0.820. The van der Waals surface area contributed by atoms with E-state index in [1.807, 2.05) is 0 Å². The highest BCUT2D eigenvalue weighted by Crippen LogP contribution is 2.30. The van der Waals surface area contributed by atoms with Crippen molar-refractivity contribution in [3.05, 3.63) is 17.9 Å². The average Bonchev–Trinajstić information content (AvgIpc) is 1.99. The van der Waals surface area contributed by atoms with Crippen molar-refractivity contribution < 1.29 is 9.13 Å². The van der Waals surface area contributed by atoms with Crippen LogP contribution in [0.3, 0.4) is 0 Å². The van der Waals surface area contributed by atoms with Crippen molar-refractivity contribution in [3.63, 3.8) is 0 Å². The first kappa shape index (κ1) is 7.65. The summed E-state index contributed by atoms with van der Waals surface area (Å²) in [6.07, 6.45) is 0. The van der Waals surface area contributed by atoms with Crippen molar-refractivity contribution in [2.75, 3.05) is 18.6 Å². The molecule has 0 aliphatic rings. The number of nitrogen functional groups attached to an aromatic ring is 2. The lowest BCUT2D eigenvalue weighted by Gasteiger charge is -2.07. The van der Waals surface area contributed by atoms with Crippen molar-refractivity contribution in [2.24, 2.45) is 0 Å². The van der Waals surface area contributed by atoms with Gasteiger partial charge in [-0.3, -0.25) is 0 Å². The van der Waals surface area contributed by atoms with Gasteiger partial charge in [-0.05, 0) is 12.1 Å². The van der Waals surface area contributed by atoms with Gasteiger partial charge in [0.15, 0.2) is 5.75 Å². The fourth-order valence-electron chi connectivity index (χ4n) is 0.820. The summed E-state index contributed by atoms with van der Waals surface area (Å²) in [5.74, 6) is -0.318. The fraction of sp³-hybridized carbons (Fsp3) is 0.143. The van der Waals surface area contributed by atoms with E-state index in [1.165, 1.54) is 19.2 Å². The van der Waals surface area contributed by atoms with Crippen LogP contribution in [0.4, 0.5) is 15.8 Å². The van der Waals surface area contributed by atoms with E-state index in [1.54, 1.807) is 0 Å². The molecule has 4 N–H and O–H groups in total. The van der Waals surface area contributed by atoms with Crippen molar-refractivity contribution >= 4 is 11.4 Å². The third-order valence-electron chi connectivity index (χ3n) is 1.38. The number of methoxy groups -OCH3 is 1. The van der Waals surface area contributed by atoms with Crippen LogP contribution in [0, 0.1) is 5.82 Å². The number of hydrogen-bond donors (Lipinski definition) is 2. The summed E-state index contributed by atoms with van der Waals surface area (Å²) in [7, 11) is 1.39. The molecule has 11 heavy (non-hydrogen) atoms. The normalized spacial score (nSPS) is 9.64. The molecule has 0 heterocycles. The third kappa shape index (κ3) is 1.19. The van der Waals surface area contributed by atoms with Crippen LogP contribution >= 0.6 is 0 Å². The van der Waals surface area contributed by atoms with Crippen LogP contribution in [-0.4, -0.2) is 7.11 Å². The molecule has 0 saturated heterocycles. The predicted octanol–water partition coefficient (Wildman–Crippen LogP) is 0.999. The highest BCUT2D eigenvalue weighted by molar-refractivity contribution is 5.67. The van der Waals surface area contributed by atoms with Gasteiger partial charge < -0.3 is 16.2 Å². The lowest BCUT2D eigenvalue weighted by molar-refractivity contribution is 0.416. The van der Waals surface area contributed by atoms with Gasteiger partial charge in [-0.1, -0.05) is 0 Å². The molecule has 0 aliphatic carbocycles. The van der Waals surface area contributed by atoms with Crippen LogP contribution in [0.1, 0.15) is 0 Å². The Labute approximate surface area is 63.8 Å². The number of benzene rings is 1. The quantitative estimate of drug-likeness (QED) is 0.596. The van der Waals surface area contributed by atoms with E-state index < -0.39 is 5.82 Å². The molecule has 0 radical (unpaired) electrons. The Morgan fingerprint density at radius 2 is 2.00 bits per heavy atom. The number of rotatable bonds is 1. The molecule has 0 saturated carbocycles. The van der Waals surface area contributed by atoms with Crippen molar-refractivity contribution in [1.82, 2.24) is 0 Å². The number of nitrogens with two attached hydrogens (primary N) is 2. The molecule has 0 bridgehead atoms. The van der Waals surface area contributed by atoms with Crippen LogP contribution in [0.5, 0.6) is 5.75 Å². The average molecular weight is 156 g/mol. The highest BCUT2D eigenvalue weighted by atomic mass is 19.1. The third-order valence-corrected chi connectivity index (χ3v) is 1.38. The van der Waals surface area contributed by atoms with Gasteiger partial charge in [-0.15, -0.1) is 0 Å². The van der Waals surface area contributed by atoms with E-state index in [0.29, 0.717) is 5.69 Å². The summed E-state index contributed by atoms with van der Waals surface area (Å²) in [4.78, 5) is 0. The molecule has 0 fully saturated rings. The van der Waals surface area contributed by atoms with Crippen molar-refractivity contribution in [1.29, 1.82) is 0 Å². The van der Waals surface area contributed by atoms with E-state index in [9.17, 15) is 4.39 Å². The second-order valence-corrected chi connectivity index (χ2v) is 2.08. The lowest BCUT2D eigenvalue weighted by Crippen LogP contribution is -1.99. The first-order valence-corrected chi connectivity index (χ1v) is 3.04. The first-order chi connectivity index (χ1) is 5.16. The van der Waals surface area contributed by atoms with Gasteiger partial charge in [0, 0.05) is 0 Å². The standard InChI is InChI=1S/C7H9FN2O/c1-11-7-5(9)3-2-4(8)6(7)10/h2-3H,9-10H2,1H3. The van der Waals surface area contributed by atoms with Gasteiger partial charge in [0.25, 0.3) is 0 Å². The van der Waals surface area contributed by atoms with Crippen LogP contribution in [0.15, 0.2) is 12.1 Å². The van der Waals surface area contributed by atoms with Gasteiger partial charge >= 0.3 is 0 Å². The Balaban J connectivity index is 3.29. The minimum atomic E-state index is -0.518. The van der Waals surface area contributed by atoms with Crippen LogP contribution < -0.4 is 16.2 Å². The maximum atomic E-state index is 12.7. The summed E-state index contributed by atoms with van der Waals surface area (Å²) in [6.45, 7) is 0.